The third-order valence-corrected chi connectivity index (χ3v) is 5.18. The van der Waals surface area contributed by atoms with Gasteiger partial charge < -0.3 is 19.5 Å². The second-order valence-corrected chi connectivity index (χ2v) is 9.13. The number of carbonyl (C=O) groups is 2. The van der Waals surface area contributed by atoms with Crippen LogP contribution in [0.5, 0.6) is 0 Å². The Bertz CT molecular complexity index is 839. The Kier molecular flexibility index (Phi) is 8.72. The Hall–Kier alpha value is -2.76. The van der Waals surface area contributed by atoms with Crippen molar-refractivity contribution in [1.82, 2.24) is 15.1 Å². The smallest absolute Gasteiger partial charge is 0.318 e. The molecule has 1 N–H and O–H groups in total. The number of rotatable bonds is 9. The van der Waals surface area contributed by atoms with Crippen LogP contribution in [0.2, 0.25) is 0 Å². The van der Waals surface area contributed by atoms with Crippen molar-refractivity contribution in [1.29, 1.82) is 0 Å². The van der Waals surface area contributed by atoms with Crippen molar-refractivity contribution in [2.24, 2.45) is 0 Å². The number of hydrogen-bond donors (Lipinski definition) is 1. The maximum absolute atomic E-state index is 13.3. The van der Waals surface area contributed by atoms with Gasteiger partial charge in [0.2, 0.25) is 5.91 Å². The van der Waals surface area contributed by atoms with Crippen molar-refractivity contribution in [2.45, 2.75) is 72.5 Å². The summed E-state index contributed by atoms with van der Waals surface area (Å²) in [5, 5.41) is 2.99. The zero-order valence-electron chi connectivity index (χ0n) is 19.8. The molecule has 0 aliphatic carbocycles. The number of amides is 3. The fourth-order valence-electron chi connectivity index (χ4n) is 3.25. The van der Waals surface area contributed by atoms with Crippen molar-refractivity contribution in [3.8, 4) is 0 Å². The Labute approximate surface area is 186 Å². The van der Waals surface area contributed by atoms with Gasteiger partial charge in [-0.15, -0.1) is 0 Å². The molecule has 2 rings (SSSR count). The highest BCUT2D eigenvalue weighted by Crippen LogP contribution is 2.14. The van der Waals surface area contributed by atoms with Gasteiger partial charge in [-0.25, -0.2) is 4.79 Å². The molecule has 0 aliphatic rings. The van der Waals surface area contributed by atoms with Crippen molar-refractivity contribution in [3.05, 3.63) is 59.5 Å². The minimum absolute atomic E-state index is 0.0331. The maximum Gasteiger partial charge on any atom is 0.318 e. The summed E-state index contributed by atoms with van der Waals surface area (Å²) >= 11 is 0. The molecule has 0 fully saturated rings. The first-order valence-electron chi connectivity index (χ1n) is 11.0. The largest absolute Gasteiger partial charge is 0.464 e. The third kappa shape index (κ3) is 8.12. The molecule has 6 nitrogen and oxygen atoms in total. The molecule has 170 valence electrons. The number of furan rings is 1. The summed E-state index contributed by atoms with van der Waals surface area (Å²) in [7, 11) is 0. The molecule has 1 heterocycles. The Morgan fingerprint density at radius 2 is 1.77 bits per heavy atom. The van der Waals surface area contributed by atoms with E-state index in [9.17, 15) is 9.59 Å². The maximum atomic E-state index is 13.3. The van der Waals surface area contributed by atoms with Gasteiger partial charge >= 0.3 is 6.03 Å². The number of carbonyl (C=O) groups excluding carboxylic acids is 2. The highest BCUT2D eigenvalue weighted by Gasteiger charge is 2.27. The van der Waals surface area contributed by atoms with Gasteiger partial charge in [0.05, 0.1) is 6.54 Å². The lowest BCUT2D eigenvalue weighted by atomic mass is 10.1. The van der Waals surface area contributed by atoms with E-state index in [-0.39, 0.29) is 30.1 Å². The summed E-state index contributed by atoms with van der Waals surface area (Å²) in [5.74, 6) is 1.47. The van der Waals surface area contributed by atoms with Crippen LogP contribution in [0.1, 0.15) is 58.1 Å². The molecular weight excluding hydrogens is 390 g/mol. The monoisotopic (exact) mass is 427 g/mol. The summed E-state index contributed by atoms with van der Waals surface area (Å²) in [6, 6.07) is 13.6. The van der Waals surface area contributed by atoms with E-state index < -0.39 is 0 Å². The molecule has 2 aromatic rings. The number of aryl methyl sites for hydroxylation is 1. The van der Waals surface area contributed by atoms with E-state index in [1.54, 1.807) is 9.80 Å². The average Bonchev–Trinajstić information content (AvgIpc) is 3.12. The zero-order valence-corrected chi connectivity index (χ0v) is 19.8. The lowest BCUT2D eigenvalue weighted by Crippen LogP contribution is -2.54. The SMILES string of the molecule is CC[C@H](C)N(CC(=O)N(CCc1ccccc1)Cc1ccc(C)o1)C(=O)NC(C)(C)C. The molecule has 6 heteroatoms. The molecule has 0 spiro atoms. The molecule has 0 aliphatic heterocycles. The first-order chi connectivity index (χ1) is 14.6. The molecule has 31 heavy (non-hydrogen) atoms. The number of nitrogens with one attached hydrogen (secondary N) is 1. The standard InChI is InChI=1S/C25H37N3O3/c1-7-19(2)28(24(30)26-25(4,5)6)18-23(29)27(17-22-14-13-20(3)31-22)16-15-21-11-9-8-10-12-21/h8-14,19H,7,15-18H2,1-6H3,(H,26,30)/t19-/m0/s1. The highest BCUT2D eigenvalue weighted by molar-refractivity contribution is 5.84. The van der Waals surface area contributed by atoms with Gasteiger partial charge in [0.15, 0.2) is 0 Å². The lowest BCUT2D eigenvalue weighted by molar-refractivity contribution is -0.133. The molecule has 0 bridgehead atoms. The molecule has 0 saturated carbocycles. The van der Waals surface area contributed by atoms with E-state index in [0.717, 1.165) is 24.4 Å². The molecule has 0 radical (unpaired) electrons. The van der Waals surface area contributed by atoms with Crippen LogP contribution in [0, 0.1) is 6.92 Å². The number of benzene rings is 1. The van der Waals surface area contributed by atoms with Crippen molar-refractivity contribution in [2.75, 3.05) is 13.1 Å². The number of nitrogens with zero attached hydrogens (tertiary/aromatic N) is 2. The molecule has 0 saturated heterocycles. The number of hydrogen-bond acceptors (Lipinski definition) is 3. The minimum atomic E-state index is -0.371. The van der Waals surface area contributed by atoms with Crippen LogP contribution in [0.25, 0.3) is 0 Å². The van der Waals surface area contributed by atoms with Crippen LogP contribution in [-0.4, -0.2) is 46.4 Å². The Morgan fingerprint density at radius 1 is 1.10 bits per heavy atom. The van der Waals surface area contributed by atoms with Crippen LogP contribution >= 0.6 is 0 Å². The highest BCUT2D eigenvalue weighted by atomic mass is 16.3. The quantitative estimate of drug-likeness (QED) is 0.627. The normalized spacial score (nSPS) is 12.3. The second-order valence-electron chi connectivity index (χ2n) is 9.13. The predicted octanol–water partition coefficient (Wildman–Crippen LogP) is 4.77. The predicted molar refractivity (Wildman–Crippen MR) is 124 cm³/mol. The van der Waals surface area contributed by atoms with E-state index >= 15 is 0 Å². The molecule has 1 atom stereocenters. The van der Waals surface area contributed by atoms with Gasteiger partial charge in [-0.2, -0.15) is 0 Å². The molecule has 1 aromatic heterocycles. The van der Waals surface area contributed by atoms with Crippen LogP contribution < -0.4 is 5.32 Å². The van der Waals surface area contributed by atoms with Crippen molar-refractivity contribution in [3.63, 3.8) is 0 Å². The van der Waals surface area contributed by atoms with E-state index in [4.69, 9.17) is 4.42 Å². The van der Waals surface area contributed by atoms with Crippen LogP contribution in [0.4, 0.5) is 4.79 Å². The van der Waals surface area contributed by atoms with E-state index in [0.29, 0.717) is 13.1 Å². The van der Waals surface area contributed by atoms with Gasteiger partial charge in [-0.1, -0.05) is 37.3 Å². The van der Waals surface area contributed by atoms with Crippen molar-refractivity contribution >= 4 is 11.9 Å². The first-order valence-corrected chi connectivity index (χ1v) is 11.0. The number of urea groups is 1. The van der Waals surface area contributed by atoms with Crippen LogP contribution in [0.15, 0.2) is 46.9 Å². The second kappa shape index (κ2) is 11.0. The molecule has 1 aromatic carbocycles. The van der Waals surface area contributed by atoms with E-state index in [1.807, 2.05) is 71.9 Å². The summed E-state index contributed by atoms with van der Waals surface area (Å²) < 4.78 is 5.72. The van der Waals surface area contributed by atoms with Crippen LogP contribution in [0.3, 0.4) is 0 Å². The molecule has 0 unspecified atom stereocenters. The minimum Gasteiger partial charge on any atom is -0.464 e. The van der Waals surface area contributed by atoms with E-state index in [2.05, 4.69) is 17.4 Å². The summed E-state index contributed by atoms with van der Waals surface area (Å²) in [4.78, 5) is 29.6. The third-order valence-electron chi connectivity index (χ3n) is 5.18. The van der Waals surface area contributed by atoms with E-state index in [1.165, 1.54) is 5.56 Å². The average molecular weight is 428 g/mol. The molecule has 3 amide bonds. The molecular formula is C25H37N3O3. The summed E-state index contributed by atoms with van der Waals surface area (Å²) in [6.07, 6.45) is 1.51. The van der Waals surface area contributed by atoms with Gasteiger partial charge in [0.25, 0.3) is 0 Å². The summed E-state index contributed by atoms with van der Waals surface area (Å²) in [5.41, 5.74) is 0.796. The van der Waals surface area contributed by atoms with Gasteiger partial charge in [-0.05, 0) is 65.2 Å². The van der Waals surface area contributed by atoms with Gasteiger partial charge in [0, 0.05) is 18.1 Å². The summed E-state index contributed by atoms with van der Waals surface area (Å²) in [6.45, 7) is 12.7. The first kappa shape index (κ1) is 24.5. The topological polar surface area (TPSA) is 65.8 Å². The fourth-order valence-corrected chi connectivity index (χ4v) is 3.25. The van der Waals surface area contributed by atoms with Gasteiger partial charge in [0.1, 0.15) is 18.1 Å². The fraction of sp³-hybridized carbons (Fsp3) is 0.520. The lowest BCUT2D eigenvalue weighted by Gasteiger charge is -2.33. The zero-order chi connectivity index (χ0) is 23.0. The van der Waals surface area contributed by atoms with Crippen molar-refractivity contribution < 1.29 is 14.0 Å². The van der Waals surface area contributed by atoms with Crippen LogP contribution in [-0.2, 0) is 17.8 Å². The van der Waals surface area contributed by atoms with Gasteiger partial charge in [-0.3, -0.25) is 4.79 Å². The Morgan fingerprint density at radius 3 is 2.32 bits per heavy atom. The Balaban J connectivity index is 2.16.